The first-order chi connectivity index (χ1) is 15.1. The van der Waals surface area contributed by atoms with E-state index in [2.05, 4.69) is 13.0 Å². The molecule has 0 saturated carbocycles. The molecule has 0 radical (unpaired) electrons. The number of hydrogen-bond donors (Lipinski definition) is 0. The van der Waals surface area contributed by atoms with Gasteiger partial charge in [-0.05, 0) is 77.7 Å². The van der Waals surface area contributed by atoms with Crippen LogP contribution >= 0.6 is 0 Å². The lowest BCUT2D eigenvalue weighted by Crippen LogP contribution is -2.17. The second-order valence-electron chi connectivity index (χ2n) is 6.73. The molecule has 156 valence electrons. The van der Waals surface area contributed by atoms with E-state index < -0.39 is 5.97 Å². The average molecular weight is 413 g/mol. The summed E-state index contributed by atoms with van der Waals surface area (Å²) in [4.78, 5) is 12.2. The third-order valence-electron chi connectivity index (χ3n) is 4.61. The second-order valence-corrected chi connectivity index (χ2v) is 6.73. The Balaban J connectivity index is 1.65. The largest absolute Gasteiger partial charge is 0.497 e. The number of benzene rings is 3. The Labute approximate surface area is 182 Å². The third-order valence-corrected chi connectivity index (χ3v) is 4.61. The molecule has 0 amide bonds. The highest BCUT2D eigenvalue weighted by Gasteiger charge is 2.08. The van der Waals surface area contributed by atoms with Gasteiger partial charge in [0.1, 0.15) is 17.2 Å². The molecule has 0 spiro atoms. The van der Waals surface area contributed by atoms with Gasteiger partial charge in [-0.15, -0.1) is 0 Å². The normalized spacial score (nSPS) is 10.8. The van der Waals surface area contributed by atoms with Gasteiger partial charge in [0.05, 0.1) is 18.8 Å². The molecule has 5 nitrogen and oxygen atoms in total. The molecule has 3 aromatic carbocycles. The quantitative estimate of drug-likeness (QED) is 0.217. The van der Waals surface area contributed by atoms with Crippen LogP contribution in [0.25, 0.3) is 11.6 Å². The van der Waals surface area contributed by atoms with Gasteiger partial charge in [-0.1, -0.05) is 31.2 Å². The van der Waals surface area contributed by atoms with E-state index in [1.165, 1.54) is 5.56 Å². The minimum atomic E-state index is -0.503. The van der Waals surface area contributed by atoms with E-state index in [0.29, 0.717) is 17.1 Å². The van der Waals surface area contributed by atoms with Crippen molar-refractivity contribution in [3.63, 3.8) is 0 Å². The maximum absolute atomic E-state index is 12.2. The zero-order valence-electron chi connectivity index (χ0n) is 17.5. The van der Waals surface area contributed by atoms with E-state index in [-0.39, 0.29) is 6.61 Å². The minimum Gasteiger partial charge on any atom is -0.497 e. The maximum atomic E-state index is 12.2. The van der Waals surface area contributed by atoms with Crippen LogP contribution < -0.4 is 14.2 Å². The molecule has 0 unspecified atom stereocenters. The Morgan fingerprint density at radius 3 is 2.32 bits per heavy atom. The number of nitrogens with zero attached hydrogens (tertiary/aromatic N) is 1. The summed E-state index contributed by atoms with van der Waals surface area (Å²) in [7, 11) is 1.59. The summed E-state index contributed by atoms with van der Waals surface area (Å²) in [6, 6.07) is 24.0. The number of nitriles is 1. The van der Waals surface area contributed by atoms with Crippen LogP contribution in [0.15, 0.2) is 72.8 Å². The number of esters is 1. The van der Waals surface area contributed by atoms with Crippen LogP contribution in [0.4, 0.5) is 0 Å². The highest BCUT2D eigenvalue weighted by Crippen LogP contribution is 2.23. The Kier molecular flexibility index (Phi) is 7.45. The summed E-state index contributed by atoms with van der Waals surface area (Å²) in [5.41, 5.74) is 3.21. The van der Waals surface area contributed by atoms with Crippen LogP contribution in [-0.4, -0.2) is 19.7 Å². The molecule has 0 saturated heterocycles. The van der Waals surface area contributed by atoms with Crippen LogP contribution in [0.3, 0.4) is 0 Å². The van der Waals surface area contributed by atoms with Gasteiger partial charge in [-0.3, -0.25) is 0 Å². The van der Waals surface area contributed by atoms with Crippen molar-refractivity contribution in [3.8, 4) is 23.3 Å². The molecule has 0 bridgehead atoms. The van der Waals surface area contributed by atoms with Crippen molar-refractivity contribution in [2.75, 3.05) is 13.7 Å². The smallest absolute Gasteiger partial charge is 0.349 e. The summed E-state index contributed by atoms with van der Waals surface area (Å²) < 4.78 is 16.0. The molecule has 3 aromatic rings. The first kappa shape index (κ1) is 21.7. The second kappa shape index (κ2) is 10.7. The summed E-state index contributed by atoms with van der Waals surface area (Å²) in [5, 5.41) is 9.54. The molecule has 5 heteroatoms. The highest BCUT2D eigenvalue weighted by molar-refractivity contribution is 5.89. The molecule has 0 heterocycles. The number of methoxy groups -OCH3 is 1. The first-order valence-corrected chi connectivity index (χ1v) is 9.90. The summed E-state index contributed by atoms with van der Waals surface area (Å²) in [6.45, 7) is 1.88. The number of carbonyl (C=O) groups excluding carboxylic acids is 1. The molecular formula is C26H23NO4. The lowest BCUT2D eigenvalue weighted by atomic mass is 10.0. The molecule has 3 rings (SSSR count). The lowest BCUT2D eigenvalue weighted by Gasteiger charge is -2.08. The number of allylic oxidation sites excluding steroid dienone is 1. The molecule has 0 aliphatic carbocycles. The van der Waals surface area contributed by atoms with Gasteiger partial charge in [-0.2, -0.15) is 5.26 Å². The molecule has 0 atom stereocenters. The van der Waals surface area contributed by atoms with E-state index in [1.807, 2.05) is 42.5 Å². The van der Waals surface area contributed by atoms with E-state index in [1.54, 1.807) is 43.5 Å². The van der Waals surface area contributed by atoms with Gasteiger partial charge in [-0.25, -0.2) is 4.79 Å². The Hall–Kier alpha value is -4.04. The Bertz CT molecular complexity index is 1090. The van der Waals surface area contributed by atoms with E-state index in [4.69, 9.17) is 14.2 Å². The predicted octanol–water partition coefficient (Wildman–Crippen LogP) is 5.31. The number of carbonyl (C=O) groups is 1. The summed E-state index contributed by atoms with van der Waals surface area (Å²) in [6.07, 6.45) is 2.68. The topological polar surface area (TPSA) is 68.5 Å². The highest BCUT2D eigenvalue weighted by atomic mass is 16.6. The summed E-state index contributed by atoms with van der Waals surface area (Å²) >= 11 is 0. The zero-order valence-corrected chi connectivity index (χ0v) is 17.5. The van der Waals surface area contributed by atoms with Crippen molar-refractivity contribution in [2.24, 2.45) is 0 Å². The van der Waals surface area contributed by atoms with Crippen LogP contribution in [0, 0.1) is 11.3 Å². The monoisotopic (exact) mass is 413 g/mol. The number of hydrogen-bond acceptors (Lipinski definition) is 5. The van der Waals surface area contributed by atoms with Gasteiger partial charge < -0.3 is 14.2 Å². The number of rotatable bonds is 8. The fourth-order valence-corrected chi connectivity index (χ4v) is 2.91. The number of ether oxygens (including phenoxy) is 3. The standard InChI is InChI=1S/C26H23NO4/c1-3-19-7-11-24(12-8-19)30-18-26(28)31-25-6-4-5-20(16-25)15-22(17-27)21-9-13-23(29-2)14-10-21/h4-16H,3,18H2,1-2H3/b22-15-. The summed E-state index contributed by atoms with van der Waals surface area (Å²) in [5.74, 6) is 1.22. The van der Waals surface area contributed by atoms with Crippen molar-refractivity contribution in [2.45, 2.75) is 13.3 Å². The molecule has 0 N–H and O–H groups in total. The van der Waals surface area contributed by atoms with Crippen molar-refractivity contribution < 1.29 is 19.0 Å². The predicted molar refractivity (Wildman–Crippen MR) is 120 cm³/mol. The van der Waals surface area contributed by atoms with E-state index in [0.717, 1.165) is 23.3 Å². The Morgan fingerprint density at radius 1 is 0.968 bits per heavy atom. The first-order valence-electron chi connectivity index (χ1n) is 9.90. The fraction of sp³-hybridized carbons (Fsp3) is 0.154. The van der Waals surface area contributed by atoms with Gasteiger partial charge in [0, 0.05) is 0 Å². The molecular weight excluding hydrogens is 390 g/mol. The van der Waals surface area contributed by atoms with Crippen molar-refractivity contribution in [3.05, 3.63) is 89.5 Å². The Morgan fingerprint density at radius 2 is 1.68 bits per heavy atom. The third kappa shape index (κ3) is 6.22. The van der Waals surface area contributed by atoms with Crippen LogP contribution in [0.5, 0.6) is 17.2 Å². The van der Waals surface area contributed by atoms with E-state index in [9.17, 15) is 10.1 Å². The van der Waals surface area contributed by atoms with Gasteiger partial charge >= 0.3 is 5.97 Å². The van der Waals surface area contributed by atoms with Crippen LogP contribution in [0.1, 0.15) is 23.6 Å². The average Bonchev–Trinajstić information content (AvgIpc) is 2.82. The van der Waals surface area contributed by atoms with Gasteiger partial charge in [0.25, 0.3) is 0 Å². The molecule has 31 heavy (non-hydrogen) atoms. The maximum Gasteiger partial charge on any atom is 0.349 e. The minimum absolute atomic E-state index is 0.194. The fourth-order valence-electron chi connectivity index (χ4n) is 2.91. The molecule has 0 aromatic heterocycles. The van der Waals surface area contributed by atoms with Crippen LogP contribution in [-0.2, 0) is 11.2 Å². The lowest BCUT2D eigenvalue weighted by molar-refractivity contribution is -0.136. The van der Waals surface area contributed by atoms with Crippen molar-refractivity contribution in [1.29, 1.82) is 5.26 Å². The van der Waals surface area contributed by atoms with Crippen LogP contribution in [0.2, 0.25) is 0 Å². The van der Waals surface area contributed by atoms with Crippen molar-refractivity contribution >= 4 is 17.6 Å². The number of aryl methyl sites for hydroxylation is 1. The van der Waals surface area contributed by atoms with Gasteiger partial charge in [0.2, 0.25) is 0 Å². The van der Waals surface area contributed by atoms with Crippen molar-refractivity contribution in [1.82, 2.24) is 0 Å². The molecule has 0 aliphatic rings. The van der Waals surface area contributed by atoms with E-state index >= 15 is 0 Å². The SMILES string of the molecule is CCc1ccc(OCC(=O)Oc2cccc(/C=C(/C#N)c3ccc(OC)cc3)c2)cc1. The zero-order chi connectivity index (χ0) is 22.1. The van der Waals surface area contributed by atoms with Gasteiger partial charge in [0.15, 0.2) is 6.61 Å². The molecule has 0 fully saturated rings. The molecule has 0 aliphatic heterocycles.